The lowest BCUT2D eigenvalue weighted by atomic mass is 10.2. The highest BCUT2D eigenvalue weighted by Gasteiger charge is 2.22. The number of ether oxygens (including phenoxy) is 4. The molecule has 2 atom stereocenters. The molecule has 0 aliphatic carbocycles. The van der Waals surface area contributed by atoms with Gasteiger partial charge in [-0.25, -0.2) is 15.0 Å². The molecule has 0 saturated heterocycles. The monoisotopic (exact) mass is 859 g/mol. The SMILES string of the molecule is CC#N.COc1ccc(NC(=O)C(C)Cl)cc1OC.COc1ccc(NC(=O)C(C)SC2=Nc3cnc(Cl)cc3C2)cc1OC.S=C1Cc2cc(Cl)ncc2N1. The minimum atomic E-state index is -0.576. The summed E-state index contributed by atoms with van der Waals surface area (Å²) >= 11 is 23.7. The molecule has 4 aromatic rings. The van der Waals surface area contributed by atoms with E-state index in [9.17, 15) is 9.59 Å². The maximum Gasteiger partial charge on any atom is 0.242 e. The predicted molar refractivity (Wildman–Crippen MR) is 229 cm³/mol. The molecular weight excluding hydrogens is 821 g/mol. The Hall–Kier alpha value is -4.85. The Balaban J connectivity index is 0.000000237. The van der Waals surface area contributed by atoms with Crippen LogP contribution in [-0.2, 0) is 22.4 Å². The maximum atomic E-state index is 12.5. The Bertz CT molecular complexity index is 2100. The van der Waals surface area contributed by atoms with E-state index < -0.39 is 5.38 Å². The second-order valence-corrected chi connectivity index (χ2v) is 14.8. The molecule has 0 spiro atoms. The van der Waals surface area contributed by atoms with Gasteiger partial charge in [-0.05, 0) is 61.4 Å². The number of aromatic nitrogens is 2. The number of carbonyl (C=O) groups excluding carboxylic acids is 2. The molecule has 2 aromatic carbocycles. The number of thiocarbonyl (C=S) groups is 1. The molecule has 0 fully saturated rings. The van der Waals surface area contributed by atoms with E-state index in [4.69, 9.17) is 71.2 Å². The van der Waals surface area contributed by atoms with Gasteiger partial charge in [0.1, 0.15) is 15.7 Å². The van der Waals surface area contributed by atoms with Gasteiger partial charge >= 0.3 is 0 Å². The van der Waals surface area contributed by atoms with E-state index in [0.29, 0.717) is 51.1 Å². The summed E-state index contributed by atoms with van der Waals surface area (Å²) < 4.78 is 20.6. The summed E-state index contributed by atoms with van der Waals surface area (Å²) in [6, 6.07) is 15.8. The highest BCUT2D eigenvalue weighted by molar-refractivity contribution is 8.15. The smallest absolute Gasteiger partial charge is 0.242 e. The highest BCUT2D eigenvalue weighted by Crippen LogP contribution is 2.34. The van der Waals surface area contributed by atoms with Crippen LogP contribution in [0.2, 0.25) is 10.3 Å². The molecule has 6 rings (SSSR count). The normalized spacial score (nSPS) is 12.7. The Kier molecular flexibility index (Phi) is 18.4. The lowest BCUT2D eigenvalue weighted by Gasteiger charge is -2.13. The number of benzene rings is 2. The molecule has 2 amide bonds. The van der Waals surface area contributed by atoms with Crippen LogP contribution in [0.1, 0.15) is 31.9 Å². The van der Waals surface area contributed by atoms with Crippen molar-refractivity contribution < 1.29 is 28.5 Å². The average Bonchev–Trinajstić information content (AvgIpc) is 3.75. The zero-order valence-electron chi connectivity index (χ0n) is 31.5. The first-order chi connectivity index (χ1) is 26.7. The molecule has 4 heterocycles. The van der Waals surface area contributed by atoms with Crippen LogP contribution in [0.5, 0.6) is 23.0 Å². The molecule has 56 heavy (non-hydrogen) atoms. The maximum absolute atomic E-state index is 12.5. The summed E-state index contributed by atoms with van der Waals surface area (Å²) in [5.41, 5.74) is 5.22. The standard InChI is InChI=1S/C18H18ClN3O3S.C11H14ClNO3.C7H5ClN2S.C2H3N/c1-10(26-17-7-11-6-16(19)20-9-13(11)22-17)18(23)21-12-4-5-14(24-2)15(8-12)25-3;1-7(12)11(14)13-8-4-5-9(15-2)10(6-8)16-3;8-6-1-4-2-7(11)10-5(4)3-9-6;1-2-3/h4-6,8-10H,7H2,1-3H3,(H,21,23);4-7H,1-3H3,(H,13,14);1,3H,2H2,(H,10,11);1H3. The number of carbonyl (C=O) groups is 2. The van der Waals surface area contributed by atoms with Crippen molar-refractivity contribution in [3.8, 4) is 29.1 Å². The van der Waals surface area contributed by atoms with E-state index in [2.05, 4.69) is 30.9 Å². The van der Waals surface area contributed by atoms with Crippen molar-refractivity contribution >= 4 is 103 Å². The van der Waals surface area contributed by atoms with Crippen LogP contribution in [0.25, 0.3) is 0 Å². The van der Waals surface area contributed by atoms with Gasteiger partial charge in [-0.1, -0.05) is 47.2 Å². The summed E-state index contributed by atoms with van der Waals surface area (Å²) in [6.45, 7) is 4.88. The number of anilines is 3. The van der Waals surface area contributed by atoms with Crippen molar-refractivity contribution in [3.05, 3.63) is 82.4 Å². The molecular formula is C38H40Cl3N7O6S2. The van der Waals surface area contributed by atoms with Crippen molar-refractivity contribution in [2.75, 3.05) is 44.4 Å². The van der Waals surface area contributed by atoms with Gasteiger partial charge in [0, 0.05) is 43.3 Å². The number of alkyl halides is 1. The van der Waals surface area contributed by atoms with Crippen molar-refractivity contribution in [2.24, 2.45) is 4.99 Å². The number of nitrogens with one attached hydrogen (secondary N) is 3. The second-order valence-electron chi connectivity index (χ2n) is 11.4. The highest BCUT2D eigenvalue weighted by atomic mass is 35.5. The van der Waals surface area contributed by atoms with Gasteiger partial charge in [-0.15, -0.1) is 11.6 Å². The van der Waals surface area contributed by atoms with E-state index in [-0.39, 0.29) is 17.1 Å². The van der Waals surface area contributed by atoms with Crippen LogP contribution < -0.4 is 34.9 Å². The van der Waals surface area contributed by atoms with E-state index in [1.54, 1.807) is 83.1 Å². The van der Waals surface area contributed by atoms with Crippen LogP contribution in [-0.4, -0.2) is 70.9 Å². The number of nitriles is 1. The number of fused-ring (bicyclic) bond motifs is 2. The fraction of sp³-hybridized carbons (Fsp3) is 0.289. The number of hydrogen-bond donors (Lipinski definition) is 3. The molecule has 2 aliphatic rings. The first kappa shape index (κ1) is 45.5. The van der Waals surface area contributed by atoms with E-state index >= 15 is 0 Å². The number of pyridine rings is 2. The number of aliphatic imine (C=N–C) groups is 1. The van der Waals surface area contributed by atoms with E-state index in [0.717, 1.165) is 39.0 Å². The molecule has 3 N–H and O–H groups in total. The quantitative estimate of drug-likeness (QED) is 0.0831. The fourth-order valence-corrected chi connectivity index (χ4v) is 6.42. The summed E-state index contributed by atoms with van der Waals surface area (Å²) in [5.74, 6) is 1.97. The number of thioether (sulfide) groups is 1. The Morgan fingerprint density at radius 1 is 0.821 bits per heavy atom. The largest absolute Gasteiger partial charge is 0.493 e. The molecule has 0 saturated carbocycles. The predicted octanol–water partition coefficient (Wildman–Crippen LogP) is 8.93. The topological polar surface area (TPSA) is 169 Å². The number of rotatable bonds is 9. The number of amides is 2. The number of hydrogen-bond acceptors (Lipinski definition) is 12. The van der Waals surface area contributed by atoms with Crippen LogP contribution in [0, 0.1) is 11.3 Å². The Labute approximate surface area is 350 Å². The third-order valence-corrected chi connectivity index (χ3v) is 9.38. The molecule has 296 valence electrons. The van der Waals surface area contributed by atoms with E-state index in [1.165, 1.54) is 25.8 Å². The van der Waals surface area contributed by atoms with Gasteiger partial charge < -0.3 is 34.9 Å². The van der Waals surface area contributed by atoms with Crippen LogP contribution in [0.4, 0.5) is 22.7 Å². The molecule has 13 nitrogen and oxygen atoms in total. The van der Waals surface area contributed by atoms with Crippen molar-refractivity contribution in [1.29, 1.82) is 5.26 Å². The van der Waals surface area contributed by atoms with Crippen LogP contribution in [0.15, 0.2) is 65.9 Å². The molecule has 0 radical (unpaired) electrons. The minimum absolute atomic E-state index is 0.114. The summed E-state index contributed by atoms with van der Waals surface area (Å²) in [7, 11) is 6.21. The number of halogens is 3. The van der Waals surface area contributed by atoms with Crippen LogP contribution >= 0.6 is 58.8 Å². The lowest BCUT2D eigenvalue weighted by Crippen LogP contribution is -2.23. The zero-order valence-corrected chi connectivity index (χ0v) is 35.4. The summed E-state index contributed by atoms with van der Waals surface area (Å²) in [6.07, 6.45) is 4.81. The second kappa shape index (κ2) is 22.6. The lowest BCUT2D eigenvalue weighted by molar-refractivity contribution is -0.116. The van der Waals surface area contributed by atoms with Gasteiger partial charge in [0.25, 0.3) is 0 Å². The Morgan fingerprint density at radius 3 is 1.84 bits per heavy atom. The molecule has 2 aromatic heterocycles. The van der Waals surface area contributed by atoms with E-state index in [1.807, 2.05) is 19.1 Å². The molecule has 0 bridgehead atoms. The Morgan fingerprint density at radius 2 is 1.32 bits per heavy atom. The van der Waals surface area contributed by atoms with Gasteiger partial charge in [-0.3, -0.25) is 9.59 Å². The van der Waals surface area contributed by atoms with Gasteiger partial charge in [-0.2, -0.15) is 5.26 Å². The number of methoxy groups -OCH3 is 4. The van der Waals surface area contributed by atoms with Crippen molar-refractivity contribution in [1.82, 2.24) is 9.97 Å². The first-order valence-electron chi connectivity index (χ1n) is 16.6. The number of nitrogens with zero attached hydrogens (tertiary/aromatic N) is 4. The van der Waals surface area contributed by atoms with Crippen molar-refractivity contribution in [3.63, 3.8) is 0 Å². The van der Waals surface area contributed by atoms with Gasteiger partial charge in [0.15, 0.2) is 23.0 Å². The molecule has 2 aliphatic heterocycles. The summed E-state index contributed by atoms with van der Waals surface area (Å²) in [4.78, 5) is 37.2. The first-order valence-corrected chi connectivity index (χ1v) is 19.1. The van der Waals surface area contributed by atoms with Crippen LogP contribution in [0.3, 0.4) is 0 Å². The molecule has 18 heteroatoms. The third kappa shape index (κ3) is 13.7. The third-order valence-electron chi connectivity index (χ3n) is 7.45. The van der Waals surface area contributed by atoms with Crippen molar-refractivity contribution in [2.45, 2.75) is 44.2 Å². The zero-order chi connectivity index (χ0) is 41.4. The fourth-order valence-electron chi connectivity index (χ4n) is 4.77. The summed E-state index contributed by atoms with van der Waals surface area (Å²) in [5, 5.41) is 16.9. The van der Waals surface area contributed by atoms with Gasteiger partial charge in [0.05, 0.1) is 73.6 Å². The molecule has 2 unspecified atom stereocenters. The average molecular weight is 861 g/mol. The van der Waals surface area contributed by atoms with Gasteiger partial charge in [0.2, 0.25) is 11.8 Å². The minimum Gasteiger partial charge on any atom is -0.493 e.